The highest BCUT2D eigenvalue weighted by atomic mass is 16.2. The first kappa shape index (κ1) is 17.7. The quantitative estimate of drug-likeness (QED) is 0.748. The average Bonchev–Trinajstić information content (AvgIpc) is 2.99. The molecule has 3 heterocycles. The van der Waals surface area contributed by atoms with E-state index < -0.39 is 0 Å². The number of fused-ring (bicyclic) bond motifs is 1. The van der Waals surface area contributed by atoms with Crippen molar-refractivity contribution in [2.45, 2.75) is 40.4 Å². The number of amides is 1. The van der Waals surface area contributed by atoms with Crippen molar-refractivity contribution in [3.63, 3.8) is 0 Å². The smallest absolute Gasteiger partial charge is 0.324 e. The maximum Gasteiger partial charge on any atom is 0.332 e. The predicted octanol–water partition coefficient (Wildman–Crippen LogP) is 1.35. The van der Waals surface area contributed by atoms with Gasteiger partial charge in [-0.15, -0.1) is 0 Å². The zero-order valence-corrected chi connectivity index (χ0v) is 15.0. The molecule has 0 radical (unpaired) electrons. The van der Waals surface area contributed by atoms with E-state index in [2.05, 4.69) is 10.3 Å². The number of pyridine rings is 1. The first-order chi connectivity index (χ1) is 12.5. The largest absolute Gasteiger partial charge is 0.332 e. The molecule has 8 heteroatoms. The standard InChI is InChI=1S/C18H21N5O3/c1-4-22-16-13(17(25)23(5-2)18(22)26)7-9-21(16)11-15(24)20-14-10-12(3)6-8-19-14/h6-10H,4-5,11H2,1-3H3,(H,19,20,24). The van der Waals surface area contributed by atoms with E-state index in [4.69, 9.17) is 0 Å². The van der Waals surface area contributed by atoms with Crippen molar-refractivity contribution in [3.05, 3.63) is 57.0 Å². The molecule has 3 rings (SSSR count). The van der Waals surface area contributed by atoms with E-state index in [-0.39, 0.29) is 23.7 Å². The van der Waals surface area contributed by atoms with Crippen LogP contribution >= 0.6 is 0 Å². The first-order valence-electron chi connectivity index (χ1n) is 8.51. The molecule has 3 aromatic heterocycles. The summed E-state index contributed by atoms with van der Waals surface area (Å²) in [7, 11) is 0. The van der Waals surface area contributed by atoms with Crippen LogP contribution in [0.5, 0.6) is 0 Å². The zero-order valence-electron chi connectivity index (χ0n) is 15.0. The van der Waals surface area contributed by atoms with Crippen LogP contribution in [0, 0.1) is 6.92 Å². The third-order valence-electron chi connectivity index (χ3n) is 4.26. The Labute approximate surface area is 149 Å². The van der Waals surface area contributed by atoms with E-state index in [1.165, 1.54) is 9.13 Å². The van der Waals surface area contributed by atoms with Gasteiger partial charge < -0.3 is 9.88 Å². The summed E-state index contributed by atoms with van der Waals surface area (Å²) < 4.78 is 4.33. The Morgan fingerprint density at radius 2 is 1.88 bits per heavy atom. The second kappa shape index (κ2) is 6.99. The van der Waals surface area contributed by atoms with E-state index in [1.54, 1.807) is 36.0 Å². The lowest BCUT2D eigenvalue weighted by atomic mass is 10.3. The van der Waals surface area contributed by atoms with Gasteiger partial charge in [-0.1, -0.05) is 0 Å². The molecular weight excluding hydrogens is 334 g/mol. The maximum absolute atomic E-state index is 12.5. The van der Waals surface area contributed by atoms with E-state index in [1.807, 2.05) is 19.9 Å². The van der Waals surface area contributed by atoms with Gasteiger partial charge in [-0.3, -0.25) is 18.7 Å². The van der Waals surface area contributed by atoms with Gasteiger partial charge in [-0.2, -0.15) is 0 Å². The van der Waals surface area contributed by atoms with Crippen molar-refractivity contribution in [1.82, 2.24) is 18.7 Å². The molecule has 0 spiro atoms. The van der Waals surface area contributed by atoms with E-state index in [0.717, 1.165) is 5.56 Å². The Balaban J connectivity index is 2.00. The number of carbonyl (C=O) groups excluding carboxylic acids is 1. The summed E-state index contributed by atoms with van der Waals surface area (Å²) in [6, 6.07) is 5.26. The zero-order chi connectivity index (χ0) is 18.8. The minimum atomic E-state index is -0.367. The number of rotatable bonds is 5. The van der Waals surface area contributed by atoms with Gasteiger partial charge in [0.15, 0.2) is 0 Å². The summed E-state index contributed by atoms with van der Waals surface area (Å²) in [5.74, 6) is 0.183. The number of hydrogen-bond donors (Lipinski definition) is 1. The molecule has 3 aromatic rings. The minimum Gasteiger partial charge on any atom is -0.324 e. The molecule has 0 bridgehead atoms. The molecule has 0 aliphatic rings. The van der Waals surface area contributed by atoms with Gasteiger partial charge in [0, 0.05) is 25.5 Å². The van der Waals surface area contributed by atoms with Crippen LogP contribution in [0.2, 0.25) is 0 Å². The number of aryl methyl sites for hydroxylation is 2. The molecule has 136 valence electrons. The minimum absolute atomic E-state index is 0.0197. The van der Waals surface area contributed by atoms with Crippen molar-refractivity contribution in [3.8, 4) is 0 Å². The van der Waals surface area contributed by atoms with Crippen molar-refractivity contribution in [1.29, 1.82) is 0 Å². The van der Waals surface area contributed by atoms with Crippen LogP contribution in [0.15, 0.2) is 40.2 Å². The number of carbonyl (C=O) groups is 1. The molecule has 0 unspecified atom stereocenters. The monoisotopic (exact) mass is 355 g/mol. The molecule has 0 atom stereocenters. The van der Waals surface area contributed by atoms with Crippen LogP contribution in [-0.2, 0) is 24.4 Å². The fourth-order valence-electron chi connectivity index (χ4n) is 3.03. The second-order valence-electron chi connectivity index (χ2n) is 6.02. The fourth-order valence-corrected chi connectivity index (χ4v) is 3.03. The number of nitrogens with zero attached hydrogens (tertiary/aromatic N) is 4. The third-order valence-corrected chi connectivity index (χ3v) is 4.26. The number of nitrogens with one attached hydrogen (secondary N) is 1. The predicted molar refractivity (Wildman–Crippen MR) is 99.4 cm³/mol. The van der Waals surface area contributed by atoms with Crippen molar-refractivity contribution < 1.29 is 4.79 Å². The first-order valence-corrected chi connectivity index (χ1v) is 8.51. The molecule has 0 saturated heterocycles. The molecule has 0 saturated carbocycles. The summed E-state index contributed by atoms with van der Waals surface area (Å²) in [5.41, 5.74) is 0.742. The van der Waals surface area contributed by atoms with E-state index in [0.29, 0.717) is 29.9 Å². The Morgan fingerprint density at radius 3 is 2.54 bits per heavy atom. The molecule has 1 amide bonds. The molecule has 0 aliphatic heterocycles. The van der Waals surface area contributed by atoms with E-state index in [9.17, 15) is 14.4 Å². The molecule has 26 heavy (non-hydrogen) atoms. The molecular formula is C18H21N5O3. The third kappa shape index (κ3) is 3.05. The number of anilines is 1. The average molecular weight is 355 g/mol. The van der Waals surface area contributed by atoms with E-state index >= 15 is 0 Å². The Hall–Kier alpha value is -3.16. The molecule has 0 fully saturated rings. The lowest BCUT2D eigenvalue weighted by molar-refractivity contribution is -0.116. The van der Waals surface area contributed by atoms with Gasteiger partial charge in [0.1, 0.15) is 18.0 Å². The summed E-state index contributed by atoms with van der Waals surface area (Å²) in [6.07, 6.45) is 3.28. The molecule has 1 N–H and O–H groups in total. The summed E-state index contributed by atoms with van der Waals surface area (Å²) in [5, 5.41) is 3.16. The highest BCUT2D eigenvalue weighted by molar-refractivity contribution is 5.90. The maximum atomic E-state index is 12.5. The summed E-state index contributed by atoms with van der Waals surface area (Å²) in [6.45, 7) is 6.19. The van der Waals surface area contributed by atoms with Gasteiger partial charge in [-0.05, 0) is 44.5 Å². The topological polar surface area (TPSA) is 90.9 Å². The number of aromatic nitrogens is 4. The lowest BCUT2D eigenvalue weighted by Gasteiger charge is -2.13. The second-order valence-corrected chi connectivity index (χ2v) is 6.02. The van der Waals surface area contributed by atoms with Gasteiger partial charge in [0.2, 0.25) is 5.91 Å². The van der Waals surface area contributed by atoms with Crippen LogP contribution in [0.4, 0.5) is 5.82 Å². The van der Waals surface area contributed by atoms with Crippen molar-refractivity contribution in [2.75, 3.05) is 5.32 Å². The normalized spacial score (nSPS) is 11.0. The van der Waals surface area contributed by atoms with Crippen molar-refractivity contribution >= 4 is 22.8 Å². The van der Waals surface area contributed by atoms with Crippen LogP contribution in [0.1, 0.15) is 19.4 Å². The van der Waals surface area contributed by atoms with Gasteiger partial charge >= 0.3 is 5.69 Å². The Kier molecular flexibility index (Phi) is 4.75. The van der Waals surface area contributed by atoms with Gasteiger partial charge in [-0.25, -0.2) is 9.78 Å². The van der Waals surface area contributed by atoms with Gasteiger partial charge in [0.05, 0.1) is 5.39 Å². The van der Waals surface area contributed by atoms with Crippen LogP contribution < -0.4 is 16.6 Å². The van der Waals surface area contributed by atoms with Crippen LogP contribution in [0.25, 0.3) is 11.0 Å². The SMILES string of the molecule is CCn1c(=O)c2ccn(CC(=O)Nc3cc(C)ccn3)c2n(CC)c1=O. The van der Waals surface area contributed by atoms with Crippen LogP contribution in [0.3, 0.4) is 0 Å². The van der Waals surface area contributed by atoms with Crippen molar-refractivity contribution in [2.24, 2.45) is 0 Å². The highest BCUT2D eigenvalue weighted by Gasteiger charge is 2.16. The summed E-state index contributed by atoms with van der Waals surface area (Å²) >= 11 is 0. The molecule has 8 nitrogen and oxygen atoms in total. The molecule has 0 aromatic carbocycles. The summed E-state index contributed by atoms with van der Waals surface area (Å²) in [4.78, 5) is 41.5. The number of hydrogen-bond acceptors (Lipinski definition) is 4. The van der Waals surface area contributed by atoms with Gasteiger partial charge in [0.25, 0.3) is 5.56 Å². The fraction of sp³-hybridized carbons (Fsp3) is 0.333. The Bertz CT molecular complexity index is 1090. The van der Waals surface area contributed by atoms with Crippen LogP contribution in [-0.4, -0.2) is 24.6 Å². The molecule has 0 aliphatic carbocycles. The lowest BCUT2D eigenvalue weighted by Crippen LogP contribution is -2.39. The highest BCUT2D eigenvalue weighted by Crippen LogP contribution is 2.12. The Morgan fingerprint density at radius 1 is 1.15 bits per heavy atom.